The molecule has 1 aliphatic rings. The lowest BCUT2D eigenvalue weighted by Gasteiger charge is -2.14. The molecule has 2 aromatic rings. The number of amides is 1. The van der Waals surface area contributed by atoms with E-state index in [-0.39, 0.29) is 11.9 Å². The Bertz CT molecular complexity index is 824. The zero-order valence-electron chi connectivity index (χ0n) is 13.9. The molecule has 1 amide bonds. The highest BCUT2D eigenvalue weighted by molar-refractivity contribution is 5.94. The van der Waals surface area contributed by atoms with Crippen molar-refractivity contribution in [3.63, 3.8) is 0 Å². The first-order chi connectivity index (χ1) is 12.1. The predicted octanol–water partition coefficient (Wildman–Crippen LogP) is 3.21. The fraction of sp³-hybridized carbons (Fsp3) is 0.200. The summed E-state index contributed by atoms with van der Waals surface area (Å²) < 4.78 is 5.10. The highest BCUT2D eigenvalue weighted by atomic mass is 16.5. The molecule has 0 saturated carbocycles. The van der Waals surface area contributed by atoms with Crippen LogP contribution in [0, 0.1) is 0 Å². The van der Waals surface area contributed by atoms with Gasteiger partial charge < -0.3 is 15.2 Å². The van der Waals surface area contributed by atoms with Gasteiger partial charge >= 0.3 is 5.97 Å². The van der Waals surface area contributed by atoms with Crippen LogP contribution in [0.3, 0.4) is 0 Å². The number of nitrogens with one attached hydrogen (secondary N) is 1. The van der Waals surface area contributed by atoms with Crippen LogP contribution < -0.4 is 10.1 Å². The van der Waals surface area contributed by atoms with Crippen molar-refractivity contribution in [2.75, 3.05) is 7.11 Å². The summed E-state index contributed by atoms with van der Waals surface area (Å²) in [6.07, 6.45) is 4.40. The molecule has 2 aromatic carbocycles. The number of benzene rings is 2. The second-order valence-electron chi connectivity index (χ2n) is 5.92. The molecule has 0 heterocycles. The first-order valence-corrected chi connectivity index (χ1v) is 8.05. The van der Waals surface area contributed by atoms with Crippen LogP contribution in [0.1, 0.15) is 39.5 Å². The fourth-order valence-corrected chi connectivity index (χ4v) is 3.04. The maximum atomic E-state index is 12.4. The molecule has 25 heavy (non-hydrogen) atoms. The number of aliphatic carboxylic acids is 1. The van der Waals surface area contributed by atoms with Gasteiger partial charge in [0.1, 0.15) is 5.75 Å². The smallest absolute Gasteiger partial charge is 0.328 e. The van der Waals surface area contributed by atoms with Gasteiger partial charge in [-0.05, 0) is 59.9 Å². The van der Waals surface area contributed by atoms with Crippen LogP contribution >= 0.6 is 0 Å². The van der Waals surface area contributed by atoms with Gasteiger partial charge in [0.15, 0.2) is 0 Å². The van der Waals surface area contributed by atoms with Crippen LogP contribution in [0.4, 0.5) is 0 Å². The standard InChI is InChI=1S/C20H19NO4/c1-25-16-7-4-14(5-8-16)20(24)21-18-10-6-15-12-13(2-9-17(15)18)3-11-19(22)23/h2-5,7-9,11-12,18H,6,10H2,1H3,(H,21,24)(H,22,23)/b11-3+. The molecule has 5 nitrogen and oxygen atoms in total. The zero-order valence-corrected chi connectivity index (χ0v) is 13.9. The van der Waals surface area contributed by atoms with Crippen molar-refractivity contribution in [2.45, 2.75) is 18.9 Å². The number of carboxylic acids is 1. The van der Waals surface area contributed by atoms with Gasteiger partial charge in [-0.15, -0.1) is 0 Å². The summed E-state index contributed by atoms with van der Waals surface area (Å²) in [4.78, 5) is 23.0. The van der Waals surface area contributed by atoms with Crippen LogP contribution in [-0.2, 0) is 11.2 Å². The average molecular weight is 337 g/mol. The lowest BCUT2D eigenvalue weighted by atomic mass is 10.0. The molecule has 2 N–H and O–H groups in total. The van der Waals surface area contributed by atoms with Crippen LogP contribution in [0.15, 0.2) is 48.5 Å². The molecule has 0 bridgehead atoms. The van der Waals surface area contributed by atoms with Gasteiger partial charge in [-0.1, -0.05) is 18.2 Å². The molecule has 128 valence electrons. The maximum Gasteiger partial charge on any atom is 0.328 e. The number of fused-ring (bicyclic) bond motifs is 1. The monoisotopic (exact) mass is 337 g/mol. The summed E-state index contributed by atoms with van der Waals surface area (Å²) in [5, 5.41) is 11.8. The Hall–Kier alpha value is -3.08. The van der Waals surface area contributed by atoms with Crippen LogP contribution in [0.5, 0.6) is 5.75 Å². The van der Waals surface area contributed by atoms with E-state index >= 15 is 0 Å². The number of carboxylic acid groups (broad SMARTS) is 1. The minimum Gasteiger partial charge on any atom is -0.497 e. The van der Waals surface area contributed by atoms with Gasteiger partial charge in [0.05, 0.1) is 13.2 Å². The fourth-order valence-electron chi connectivity index (χ4n) is 3.04. The van der Waals surface area contributed by atoms with E-state index in [0.717, 1.165) is 35.6 Å². The van der Waals surface area contributed by atoms with E-state index in [1.165, 1.54) is 0 Å². The summed E-state index contributed by atoms with van der Waals surface area (Å²) in [6, 6.07) is 12.8. The molecule has 1 atom stereocenters. The quantitative estimate of drug-likeness (QED) is 0.822. The van der Waals surface area contributed by atoms with Crippen molar-refractivity contribution in [3.05, 3.63) is 70.8 Å². The normalized spacial score (nSPS) is 15.8. The largest absolute Gasteiger partial charge is 0.497 e. The van der Waals surface area contributed by atoms with Crippen molar-refractivity contribution in [2.24, 2.45) is 0 Å². The molecule has 0 radical (unpaired) electrons. The first-order valence-electron chi connectivity index (χ1n) is 8.05. The van der Waals surface area contributed by atoms with Gasteiger partial charge in [-0.3, -0.25) is 4.79 Å². The summed E-state index contributed by atoms with van der Waals surface area (Å²) >= 11 is 0. The topological polar surface area (TPSA) is 75.6 Å². The van der Waals surface area contributed by atoms with E-state index < -0.39 is 5.97 Å². The lowest BCUT2D eigenvalue weighted by Crippen LogP contribution is -2.27. The highest BCUT2D eigenvalue weighted by Gasteiger charge is 2.24. The number of hydrogen-bond acceptors (Lipinski definition) is 3. The second-order valence-corrected chi connectivity index (χ2v) is 5.92. The highest BCUT2D eigenvalue weighted by Crippen LogP contribution is 2.32. The van der Waals surface area contributed by atoms with Crippen LogP contribution in [0.25, 0.3) is 6.08 Å². The van der Waals surface area contributed by atoms with Gasteiger partial charge in [-0.25, -0.2) is 4.79 Å². The zero-order chi connectivity index (χ0) is 17.8. The first kappa shape index (κ1) is 16.8. The second kappa shape index (κ2) is 7.21. The van der Waals surface area contributed by atoms with E-state index in [0.29, 0.717) is 11.3 Å². The van der Waals surface area contributed by atoms with E-state index in [2.05, 4.69) is 5.32 Å². The van der Waals surface area contributed by atoms with Crippen LogP contribution in [0.2, 0.25) is 0 Å². The van der Waals surface area contributed by atoms with Crippen molar-refractivity contribution in [1.82, 2.24) is 5.32 Å². The number of ether oxygens (including phenoxy) is 1. The molecule has 3 rings (SSSR count). The number of hydrogen-bond donors (Lipinski definition) is 2. The molecule has 1 unspecified atom stereocenters. The summed E-state index contributed by atoms with van der Waals surface area (Å²) in [5.74, 6) is -0.370. The SMILES string of the molecule is COc1ccc(C(=O)NC2CCc3cc(/C=C/C(=O)O)ccc32)cc1. The number of carbonyl (C=O) groups excluding carboxylic acids is 1. The predicted molar refractivity (Wildman–Crippen MR) is 94.6 cm³/mol. The lowest BCUT2D eigenvalue weighted by molar-refractivity contribution is -0.131. The molecule has 0 aromatic heterocycles. The van der Waals surface area contributed by atoms with Gasteiger partial charge in [0.25, 0.3) is 5.91 Å². The Morgan fingerprint density at radius 3 is 2.64 bits per heavy atom. The maximum absolute atomic E-state index is 12.4. The number of aryl methyl sites for hydroxylation is 1. The average Bonchev–Trinajstić information content (AvgIpc) is 3.02. The third-order valence-electron chi connectivity index (χ3n) is 4.32. The molecular formula is C20H19NO4. The minimum absolute atomic E-state index is 0.0258. The van der Waals surface area contributed by atoms with E-state index in [9.17, 15) is 9.59 Å². The Balaban J connectivity index is 1.71. The molecule has 0 saturated heterocycles. The molecule has 0 aliphatic heterocycles. The molecule has 1 aliphatic carbocycles. The minimum atomic E-state index is -0.967. The van der Waals surface area contributed by atoms with E-state index in [1.54, 1.807) is 37.5 Å². The van der Waals surface area contributed by atoms with Crippen molar-refractivity contribution >= 4 is 18.0 Å². The van der Waals surface area contributed by atoms with Gasteiger partial charge in [0.2, 0.25) is 0 Å². The summed E-state index contributed by atoms with van der Waals surface area (Å²) in [5.41, 5.74) is 3.68. The van der Waals surface area contributed by atoms with Crippen molar-refractivity contribution < 1.29 is 19.4 Å². The Morgan fingerprint density at radius 2 is 1.96 bits per heavy atom. The molecule has 5 heteroatoms. The Labute approximate surface area is 145 Å². The van der Waals surface area contributed by atoms with Crippen molar-refractivity contribution in [1.29, 1.82) is 0 Å². The Morgan fingerprint density at radius 1 is 1.20 bits per heavy atom. The molecule has 0 spiro atoms. The summed E-state index contributed by atoms with van der Waals surface area (Å²) in [7, 11) is 1.59. The van der Waals surface area contributed by atoms with Crippen LogP contribution in [-0.4, -0.2) is 24.1 Å². The van der Waals surface area contributed by atoms with E-state index in [1.807, 2.05) is 18.2 Å². The number of carbonyl (C=O) groups is 2. The van der Waals surface area contributed by atoms with Gasteiger partial charge in [-0.2, -0.15) is 0 Å². The molecule has 0 fully saturated rings. The third kappa shape index (κ3) is 3.88. The Kier molecular flexibility index (Phi) is 4.84. The van der Waals surface area contributed by atoms with Crippen molar-refractivity contribution in [3.8, 4) is 5.75 Å². The number of rotatable bonds is 5. The summed E-state index contributed by atoms with van der Waals surface area (Å²) in [6.45, 7) is 0. The van der Waals surface area contributed by atoms with E-state index in [4.69, 9.17) is 9.84 Å². The third-order valence-corrected chi connectivity index (χ3v) is 4.32. The molecular weight excluding hydrogens is 318 g/mol. The number of methoxy groups -OCH3 is 1. The van der Waals surface area contributed by atoms with Gasteiger partial charge in [0, 0.05) is 11.6 Å².